The lowest BCUT2D eigenvalue weighted by Crippen LogP contribution is -2.43. The lowest BCUT2D eigenvalue weighted by molar-refractivity contribution is 0.102. The summed E-state index contributed by atoms with van der Waals surface area (Å²) < 4.78 is 5.93. The molecule has 6 nitrogen and oxygen atoms in total. The van der Waals surface area contributed by atoms with Crippen molar-refractivity contribution in [2.45, 2.75) is 25.8 Å². The van der Waals surface area contributed by atoms with E-state index in [2.05, 4.69) is 24.1 Å². The van der Waals surface area contributed by atoms with Crippen LogP contribution in [-0.4, -0.2) is 35.3 Å². The highest BCUT2D eigenvalue weighted by Gasteiger charge is 2.33. The molecule has 31 heavy (non-hydrogen) atoms. The maximum Gasteiger partial charge on any atom is 0.259 e. The molecule has 7 heteroatoms. The van der Waals surface area contributed by atoms with E-state index in [4.69, 9.17) is 16.3 Å². The normalized spacial score (nSPS) is 15.4. The van der Waals surface area contributed by atoms with Gasteiger partial charge in [0.15, 0.2) is 11.6 Å². The molecule has 1 aliphatic rings. The summed E-state index contributed by atoms with van der Waals surface area (Å²) in [5.74, 6) is 1.09. The van der Waals surface area contributed by atoms with E-state index in [0.717, 1.165) is 0 Å². The molecule has 2 heterocycles. The third-order valence-corrected chi connectivity index (χ3v) is 5.59. The number of aliphatic hydroxyl groups is 1. The highest BCUT2D eigenvalue weighted by Crippen LogP contribution is 2.42. The number of benzene rings is 2. The van der Waals surface area contributed by atoms with Gasteiger partial charge in [0.05, 0.1) is 28.9 Å². The fraction of sp³-hybridized carbons (Fsp3) is 0.250. The number of carbonyl (C=O) groups is 1. The van der Waals surface area contributed by atoms with Crippen molar-refractivity contribution in [1.82, 2.24) is 4.98 Å². The highest BCUT2D eigenvalue weighted by atomic mass is 35.5. The number of hydrogen-bond donors (Lipinski definition) is 2. The van der Waals surface area contributed by atoms with Crippen LogP contribution in [0.25, 0.3) is 0 Å². The second-order valence-electron chi connectivity index (χ2n) is 7.71. The van der Waals surface area contributed by atoms with E-state index in [9.17, 15) is 9.90 Å². The van der Waals surface area contributed by atoms with Crippen molar-refractivity contribution in [2.24, 2.45) is 0 Å². The zero-order chi connectivity index (χ0) is 22.0. The van der Waals surface area contributed by atoms with Crippen LogP contribution in [0.4, 0.5) is 17.2 Å². The van der Waals surface area contributed by atoms with E-state index in [0.29, 0.717) is 39.4 Å². The molecule has 0 bridgehead atoms. The number of aromatic nitrogens is 1. The topological polar surface area (TPSA) is 74.7 Å². The zero-order valence-electron chi connectivity index (χ0n) is 17.4. The largest absolute Gasteiger partial charge is 0.488 e. The summed E-state index contributed by atoms with van der Waals surface area (Å²) in [5, 5.41) is 13.3. The number of para-hydroxylation sites is 1. The van der Waals surface area contributed by atoms with Crippen LogP contribution in [-0.2, 0) is 0 Å². The van der Waals surface area contributed by atoms with Crippen molar-refractivity contribution in [3.05, 3.63) is 76.9 Å². The molecule has 0 fully saturated rings. The first-order valence-corrected chi connectivity index (χ1v) is 10.5. The maximum atomic E-state index is 13.1. The molecule has 1 aliphatic heterocycles. The van der Waals surface area contributed by atoms with Gasteiger partial charge in [-0.05, 0) is 47.9 Å². The Kier molecular flexibility index (Phi) is 6.11. The van der Waals surface area contributed by atoms with Gasteiger partial charge in [0.25, 0.3) is 5.91 Å². The second kappa shape index (κ2) is 8.96. The molecule has 0 spiro atoms. The van der Waals surface area contributed by atoms with Gasteiger partial charge in [-0.3, -0.25) is 4.79 Å². The number of hydrogen-bond acceptors (Lipinski definition) is 5. The molecule has 0 saturated carbocycles. The SMILES string of the molecule is CC(C)c1ccc(NC(=O)c2cccc3c2OC[C@H](CO)N3c2ncccc2Cl)cc1. The van der Waals surface area contributed by atoms with E-state index >= 15 is 0 Å². The Bertz CT molecular complexity index is 1090. The number of anilines is 3. The van der Waals surface area contributed by atoms with Gasteiger partial charge >= 0.3 is 0 Å². The van der Waals surface area contributed by atoms with E-state index in [1.807, 2.05) is 35.2 Å². The quantitative estimate of drug-likeness (QED) is 0.587. The van der Waals surface area contributed by atoms with Crippen LogP contribution in [0.1, 0.15) is 35.7 Å². The minimum atomic E-state index is -0.373. The number of nitrogens with one attached hydrogen (secondary N) is 1. The summed E-state index contributed by atoms with van der Waals surface area (Å²) >= 11 is 6.39. The van der Waals surface area contributed by atoms with E-state index in [1.54, 1.807) is 30.5 Å². The first-order valence-electron chi connectivity index (χ1n) is 10.2. The molecule has 0 unspecified atom stereocenters. The molecule has 0 aliphatic carbocycles. The third-order valence-electron chi connectivity index (χ3n) is 5.30. The van der Waals surface area contributed by atoms with E-state index < -0.39 is 0 Å². The second-order valence-corrected chi connectivity index (χ2v) is 8.12. The lowest BCUT2D eigenvalue weighted by atomic mass is 10.0. The van der Waals surface area contributed by atoms with Crippen molar-refractivity contribution in [2.75, 3.05) is 23.4 Å². The Morgan fingerprint density at radius 3 is 2.68 bits per heavy atom. The molecule has 0 radical (unpaired) electrons. The molecule has 1 amide bonds. The minimum absolute atomic E-state index is 0.148. The van der Waals surface area contributed by atoms with Crippen molar-refractivity contribution in [3.63, 3.8) is 0 Å². The molecule has 2 aromatic carbocycles. The van der Waals surface area contributed by atoms with Crippen LogP contribution in [0, 0.1) is 0 Å². The Morgan fingerprint density at radius 2 is 2.00 bits per heavy atom. The van der Waals surface area contributed by atoms with Crippen LogP contribution in [0.15, 0.2) is 60.8 Å². The van der Waals surface area contributed by atoms with Crippen molar-refractivity contribution < 1.29 is 14.6 Å². The zero-order valence-corrected chi connectivity index (χ0v) is 18.1. The predicted octanol–water partition coefficient (Wildman–Crippen LogP) is 5.00. The number of aliphatic hydroxyl groups excluding tert-OH is 1. The molecule has 1 atom stereocenters. The van der Waals surface area contributed by atoms with Crippen molar-refractivity contribution in [3.8, 4) is 5.75 Å². The summed E-state index contributed by atoms with van der Waals surface area (Å²) in [6, 6.07) is 16.2. The smallest absolute Gasteiger partial charge is 0.259 e. The van der Waals surface area contributed by atoms with Crippen LogP contribution < -0.4 is 15.0 Å². The Morgan fingerprint density at radius 1 is 1.23 bits per heavy atom. The first-order chi connectivity index (χ1) is 15.0. The van der Waals surface area contributed by atoms with Gasteiger partial charge in [0.2, 0.25) is 0 Å². The summed E-state index contributed by atoms with van der Waals surface area (Å²) in [7, 11) is 0. The lowest BCUT2D eigenvalue weighted by Gasteiger charge is -2.37. The molecule has 3 aromatic rings. The molecule has 0 saturated heterocycles. The number of halogens is 1. The van der Waals surface area contributed by atoms with Crippen molar-refractivity contribution in [1.29, 1.82) is 0 Å². The highest BCUT2D eigenvalue weighted by molar-refractivity contribution is 6.33. The van der Waals surface area contributed by atoms with Crippen LogP contribution in [0.3, 0.4) is 0 Å². The van der Waals surface area contributed by atoms with Gasteiger partial charge in [0, 0.05) is 11.9 Å². The van der Waals surface area contributed by atoms with Gasteiger partial charge in [-0.15, -0.1) is 0 Å². The number of ether oxygens (including phenoxy) is 1. The molecule has 1 aromatic heterocycles. The van der Waals surface area contributed by atoms with E-state index in [1.165, 1.54) is 5.56 Å². The van der Waals surface area contributed by atoms with Crippen LogP contribution in [0.2, 0.25) is 5.02 Å². The van der Waals surface area contributed by atoms with Crippen molar-refractivity contribution >= 4 is 34.7 Å². The summed E-state index contributed by atoms with van der Waals surface area (Å²) in [4.78, 5) is 19.3. The Hall–Kier alpha value is -3.09. The number of amides is 1. The van der Waals surface area contributed by atoms with Gasteiger partial charge in [-0.25, -0.2) is 4.98 Å². The van der Waals surface area contributed by atoms with Gasteiger partial charge in [0.1, 0.15) is 6.61 Å². The van der Waals surface area contributed by atoms with Gasteiger partial charge in [-0.2, -0.15) is 0 Å². The summed E-state index contributed by atoms with van der Waals surface area (Å²) in [6.07, 6.45) is 1.64. The molecular formula is C24H24ClN3O3. The monoisotopic (exact) mass is 437 g/mol. The standard InChI is InChI=1S/C24H24ClN3O3/c1-15(2)16-8-10-17(11-9-16)27-24(30)19-5-3-7-21-22(19)31-14-18(13-29)28(21)23-20(25)6-4-12-26-23/h3-12,15,18,29H,13-14H2,1-2H3,(H,27,30)/t18-/m0/s1. The van der Waals surface area contributed by atoms with Crippen LogP contribution >= 0.6 is 11.6 Å². The molecule has 4 rings (SSSR count). The molecule has 160 valence electrons. The minimum Gasteiger partial charge on any atom is -0.488 e. The summed E-state index contributed by atoms with van der Waals surface area (Å²) in [5.41, 5.74) is 2.95. The Balaban J connectivity index is 1.68. The summed E-state index contributed by atoms with van der Waals surface area (Å²) in [6.45, 7) is 4.30. The first kappa shape index (κ1) is 21.2. The molecular weight excluding hydrogens is 414 g/mol. The maximum absolute atomic E-state index is 13.1. The average molecular weight is 438 g/mol. The third kappa shape index (κ3) is 4.22. The number of pyridine rings is 1. The fourth-order valence-corrected chi connectivity index (χ4v) is 3.83. The molecule has 2 N–H and O–H groups in total. The van der Waals surface area contributed by atoms with Gasteiger partial charge < -0.3 is 20.1 Å². The number of rotatable bonds is 5. The predicted molar refractivity (Wildman–Crippen MR) is 123 cm³/mol. The number of nitrogens with zero attached hydrogens (tertiary/aromatic N) is 2. The van der Waals surface area contributed by atoms with E-state index in [-0.39, 0.29) is 25.2 Å². The Labute approximate surface area is 186 Å². The van der Waals surface area contributed by atoms with Gasteiger partial charge in [-0.1, -0.05) is 43.6 Å². The number of carbonyl (C=O) groups excluding carboxylic acids is 1. The van der Waals surface area contributed by atoms with Crippen LogP contribution in [0.5, 0.6) is 5.75 Å². The average Bonchev–Trinajstić information content (AvgIpc) is 2.78. The number of fused-ring (bicyclic) bond motifs is 1. The fourth-order valence-electron chi connectivity index (χ4n) is 3.62.